The average Bonchev–Trinajstić information content (AvgIpc) is 2.79. The molecule has 90 valence electrons. The Kier molecular flexibility index (Phi) is 2.90. The Morgan fingerprint density at radius 1 is 1.41 bits per heavy atom. The molecule has 0 aliphatic carbocycles. The molecular formula is C10H13N5O2. The lowest BCUT2D eigenvalue weighted by Gasteiger charge is -2.00. The first-order valence-electron chi connectivity index (χ1n) is 5.17. The Morgan fingerprint density at radius 2 is 2.18 bits per heavy atom. The van der Waals surface area contributed by atoms with E-state index in [1.54, 1.807) is 20.8 Å². The zero-order chi connectivity index (χ0) is 12.4. The first-order valence-corrected chi connectivity index (χ1v) is 5.17. The summed E-state index contributed by atoms with van der Waals surface area (Å²) in [6.07, 6.45) is 0.203. The second kappa shape index (κ2) is 4.36. The summed E-state index contributed by atoms with van der Waals surface area (Å²) >= 11 is 0. The summed E-state index contributed by atoms with van der Waals surface area (Å²) in [5.74, 6) is 1.39. The summed E-state index contributed by atoms with van der Waals surface area (Å²) in [5, 5.41) is 12.9. The highest BCUT2D eigenvalue weighted by molar-refractivity contribution is 5.90. The highest BCUT2D eigenvalue weighted by atomic mass is 16.5. The van der Waals surface area contributed by atoms with Crippen LogP contribution in [0, 0.1) is 20.8 Å². The standard InChI is InChI=1S/C10H13N5O2/c1-5-8(6(2)17-15-5)4-9(16)12-10-11-7(3)13-14-10/h4H2,1-3H3,(H2,11,12,13,14,16). The van der Waals surface area contributed by atoms with Crippen molar-refractivity contribution in [2.24, 2.45) is 0 Å². The van der Waals surface area contributed by atoms with Gasteiger partial charge in [-0.25, -0.2) is 0 Å². The van der Waals surface area contributed by atoms with Crippen molar-refractivity contribution < 1.29 is 9.32 Å². The maximum Gasteiger partial charge on any atom is 0.248 e. The third-order valence-corrected chi connectivity index (χ3v) is 2.37. The molecule has 0 spiro atoms. The van der Waals surface area contributed by atoms with Crippen LogP contribution >= 0.6 is 0 Å². The van der Waals surface area contributed by atoms with Crippen molar-refractivity contribution in [3.05, 3.63) is 22.8 Å². The molecular weight excluding hydrogens is 222 g/mol. The zero-order valence-electron chi connectivity index (χ0n) is 9.87. The van der Waals surface area contributed by atoms with Gasteiger partial charge in [-0.3, -0.25) is 15.2 Å². The van der Waals surface area contributed by atoms with E-state index in [0.717, 1.165) is 11.3 Å². The van der Waals surface area contributed by atoms with Gasteiger partial charge in [-0.1, -0.05) is 5.16 Å². The van der Waals surface area contributed by atoms with Crippen LogP contribution in [0.3, 0.4) is 0 Å². The van der Waals surface area contributed by atoms with Crippen LogP contribution in [-0.2, 0) is 11.2 Å². The lowest BCUT2D eigenvalue weighted by molar-refractivity contribution is -0.115. The van der Waals surface area contributed by atoms with E-state index in [1.807, 2.05) is 0 Å². The number of anilines is 1. The van der Waals surface area contributed by atoms with Gasteiger partial charge >= 0.3 is 0 Å². The molecule has 0 aliphatic rings. The van der Waals surface area contributed by atoms with E-state index in [2.05, 4.69) is 25.7 Å². The molecule has 1 amide bonds. The maximum absolute atomic E-state index is 11.7. The smallest absolute Gasteiger partial charge is 0.248 e. The summed E-state index contributed by atoms with van der Waals surface area (Å²) < 4.78 is 4.98. The number of amides is 1. The summed E-state index contributed by atoms with van der Waals surface area (Å²) in [6, 6.07) is 0. The van der Waals surface area contributed by atoms with Crippen molar-refractivity contribution in [2.45, 2.75) is 27.2 Å². The Bertz CT molecular complexity index is 523. The van der Waals surface area contributed by atoms with Gasteiger partial charge in [-0.2, -0.15) is 4.98 Å². The molecule has 2 aromatic heterocycles. The normalized spacial score (nSPS) is 10.5. The largest absolute Gasteiger partial charge is 0.361 e. The predicted octanol–water partition coefficient (Wildman–Crippen LogP) is 0.899. The Hall–Kier alpha value is -2.18. The van der Waals surface area contributed by atoms with Crippen LogP contribution in [0.25, 0.3) is 0 Å². The molecule has 2 aromatic rings. The van der Waals surface area contributed by atoms with Crippen LogP contribution in [0.1, 0.15) is 22.8 Å². The van der Waals surface area contributed by atoms with Gasteiger partial charge in [0.15, 0.2) is 0 Å². The van der Waals surface area contributed by atoms with E-state index in [-0.39, 0.29) is 18.3 Å². The van der Waals surface area contributed by atoms with Crippen LogP contribution < -0.4 is 5.32 Å². The average molecular weight is 235 g/mol. The van der Waals surface area contributed by atoms with Crippen molar-refractivity contribution in [3.63, 3.8) is 0 Å². The summed E-state index contributed by atoms with van der Waals surface area (Å²) in [6.45, 7) is 5.34. The number of H-pyrrole nitrogens is 1. The number of nitrogens with one attached hydrogen (secondary N) is 2. The fourth-order valence-corrected chi connectivity index (χ4v) is 1.48. The molecule has 0 bridgehead atoms. The molecule has 0 aliphatic heterocycles. The van der Waals surface area contributed by atoms with E-state index < -0.39 is 0 Å². The van der Waals surface area contributed by atoms with Crippen molar-refractivity contribution in [1.82, 2.24) is 20.3 Å². The van der Waals surface area contributed by atoms with Gasteiger partial charge in [-0.05, 0) is 20.8 Å². The molecule has 7 nitrogen and oxygen atoms in total. The molecule has 0 radical (unpaired) electrons. The number of carbonyl (C=O) groups is 1. The summed E-state index contributed by atoms with van der Waals surface area (Å²) in [7, 11) is 0. The summed E-state index contributed by atoms with van der Waals surface area (Å²) in [5.41, 5.74) is 1.53. The van der Waals surface area contributed by atoms with Crippen LogP contribution in [0.4, 0.5) is 5.95 Å². The third-order valence-electron chi connectivity index (χ3n) is 2.37. The zero-order valence-corrected chi connectivity index (χ0v) is 9.87. The monoisotopic (exact) mass is 235 g/mol. The van der Waals surface area contributed by atoms with Crippen molar-refractivity contribution in [2.75, 3.05) is 5.32 Å². The van der Waals surface area contributed by atoms with Crippen LogP contribution in [0.2, 0.25) is 0 Å². The van der Waals surface area contributed by atoms with Crippen molar-refractivity contribution >= 4 is 11.9 Å². The number of aromatic nitrogens is 4. The quantitative estimate of drug-likeness (QED) is 0.823. The van der Waals surface area contributed by atoms with Crippen molar-refractivity contribution in [1.29, 1.82) is 0 Å². The molecule has 7 heteroatoms. The van der Waals surface area contributed by atoms with Gasteiger partial charge in [0.25, 0.3) is 0 Å². The SMILES string of the molecule is Cc1nc(NC(=O)Cc2c(C)noc2C)n[nH]1. The van der Waals surface area contributed by atoms with E-state index >= 15 is 0 Å². The second-order valence-electron chi connectivity index (χ2n) is 3.77. The predicted molar refractivity (Wildman–Crippen MR) is 59.4 cm³/mol. The second-order valence-corrected chi connectivity index (χ2v) is 3.77. The number of aromatic amines is 1. The first kappa shape index (κ1) is 11.3. The topological polar surface area (TPSA) is 96.7 Å². The molecule has 2 N–H and O–H groups in total. The number of hydrogen-bond donors (Lipinski definition) is 2. The van der Waals surface area contributed by atoms with E-state index in [0.29, 0.717) is 11.6 Å². The van der Waals surface area contributed by atoms with Gasteiger partial charge in [0.05, 0.1) is 12.1 Å². The minimum atomic E-state index is -0.196. The number of nitrogens with zero attached hydrogens (tertiary/aromatic N) is 3. The lowest BCUT2D eigenvalue weighted by atomic mass is 10.1. The fourth-order valence-electron chi connectivity index (χ4n) is 1.48. The maximum atomic E-state index is 11.7. The molecule has 17 heavy (non-hydrogen) atoms. The number of carbonyl (C=O) groups excluding carboxylic acids is 1. The lowest BCUT2D eigenvalue weighted by Crippen LogP contribution is -2.16. The summed E-state index contributed by atoms with van der Waals surface area (Å²) in [4.78, 5) is 15.7. The highest BCUT2D eigenvalue weighted by Crippen LogP contribution is 2.13. The fraction of sp³-hybridized carbons (Fsp3) is 0.400. The van der Waals surface area contributed by atoms with E-state index in [1.165, 1.54) is 0 Å². The van der Waals surface area contributed by atoms with E-state index in [4.69, 9.17) is 4.52 Å². The van der Waals surface area contributed by atoms with Gasteiger partial charge in [0.1, 0.15) is 11.6 Å². The van der Waals surface area contributed by atoms with Crippen LogP contribution in [-0.4, -0.2) is 26.2 Å². The molecule has 0 fully saturated rings. The minimum Gasteiger partial charge on any atom is -0.361 e. The first-order chi connectivity index (χ1) is 8.06. The van der Waals surface area contributed by atoms with Gasteiger partial charge in [-0.15, -0.1) is 5.10 Å². The number of hydrogen-bond acceptors (Lipinski definition) is 5. The molecule has 0 aromatic carbocycles. The van der Waals surface area contributed by atoms with E-state index in [9.17, 15) is 4.79 Å². The Balaban J connectivity index is 2.03. The van der Waals surface area contributed by atoms with Crippen LogP contribution in [0.15, 0.2) is 4.52 Å². The number of aryl methyl sites for hydroxylation is 3. The number of rotatable bonds is 3. The Morgan fingerprint density at radius 3 is 2.71 bits per heavy atom. The molecule has 2 heterocycles. The van der Waals surface area contributed by atoms with Gasteiger partial charge < -0.3 is 4.52 Å². The molecule has 0 saturated heterocycles. The van der Waals surface area contributed by atoms with Gasteiger partial charge in [0.2, 0.25) is 11.9 Å². The molecule has 0 saturated carbocycles. The highest BCUT2D eigenvalue weighted by Gasteiger charge is 2.14. The van der Waals surface area contributed by atoms with Crippen molar-refractivity contribution in [3.8, 4) is 0 Å². The minimum absolute atomic E-state index is 0.196. The van der Waals surface area contributed by atoms with Gasteiger partial charge in [0, 0.05) is 5.56 Å². The third kappa shape index (κ3) is 2.49. The Labute approximate surface area is 97.6 Å². The van der Waals surface area contributed by atoms with Crippen LogP contribution in [0.5, 0.6) is 0 Å². The molecule has 2 rings (SSSR count). The molecule has 0 atom stereocenters. The molecule has 0 unspecified atom stereocenters.